The van der Waals surface area contributed by atoms with Gasteiger partial charge in [-0.15, -0.1) is 0 Å². The Morgan fingerprint density at radius 2 is 1.67 bits per heavy atom. The lowest BCUT2D eigenvalue weighted by Crippen LogP contribution is -2.22. The molecule has 2 rings (SSSR count). The van der Waals surface area contributed by atoms with Crippen LogP contribution in [0.1, 0.15) is 37.4 Å². The number of hydrogen-bond acceptors (Lipinski definition) is 1. The summed E-state index contributed by atoms with van der Waals surface area (Å²) in [4.78, 5) is 0. The first-order valence-corrected chi connectivity index (χ1v) is 8.87. The Labute approximate surface area is 144 Å². The second kappa shape index (κ2) is 8.11. The van der Waals surface area contributed by atoms with Crippen LogP contribution in [0.4, 0.5) is 0 Å². The number of rotatable bonds is 6. The molecule has 0 aromatic heterocycles. The molecule has 1 unspecified atom stereocenters. The highest BCUT2D eigenvalue weighted by atomic mass is 79.9. The van der Waals surface area contributed by atoms with E-state index >= 15 is 0 Å². The summed E-state index contributed by atoms with van der Waals surface area (Å²) in [7, 11) is 0. The standard InChI is InChI=1S/C18H21Br2N/c1-13(2)10-18(15-6-4-3-5-7-15)21-12-14-8-9-16(19)17(20)11-14/h3-9,11,13,18,21H,10,12H2,1-2H3. The highest BCUT2D eigenvalue weighted by Crippen LogP contribution is 2.25. The maximum absolute atomic E-state index is 3.69. The van der Waals surface area contributed by atoms with Crippen LogP contribution in [-0.4, -0.2) is 0 Å². The zero-order chi connectivity index (χ0) is 15.2. The van der Waals surface area contributed by atoms with Crippen LogP contribution in [0, 0.1) is 5.92 Å². The highest BCUT2D eigenvalue weighted by Gasteiger charge is 2.12. The molecule has 112 valence electrons. The Hall–Kier alpha value is -0.640. The van der Waals surface area contributed by atoms with Crippen molar-refractivity contribution in [2.75, 3.05) is 0 Å². The summed E-state index contributed by atoms with van der Waals surface area (Å²) in [6.07, 6.45) is 1.14. The van der Waals surface area contributed by atoms with Gasteiger partial charge < -0.3 is 5.32 Å². The Morgan fingerprint density at radius 1 is 0.952 bits per heavy atom. The predicted octanol–water partition coefficient (Wildman–Crippen LogP) is 6.09. The summed E-state index contributed by atoms with van der Waals surface area (Å²) in [6.45, 7) is 5.42. The van der Waals surface area contributed by atoms with E-state index in [1.807, 2.05) is 0 Å². The van der Waals surface area contributed by atoms with Gasteiger partial charge in [-0.25, -0.2) is 0 Å². The molecule has 1 nitrogen and oxygen atoms in total. The van der Waals surface area contributed by atoms with E-state index < -0.39 is 0 Å². The maximum Gasteiger partial charge on any atom is 0.0325 e. The molecule has 0 saturated heterocycles. The van der Waals surface area contributed by atoms with Crippen molar-refractivity contribution in [1.29, 1.82) is 0 Å². The lowest BCUT2D eigenvalue weighted by molar-refractivity contribution is 0.428. The fourth-order valence-corrected chi connectivity index (χ4v) is 3.06. The normalized spacial score (nSPS) is 12.6. The predicted molar refractivity (Wildman–Crippen MR) is 97.3 cm³/mol. The van der Waals surface area contributed by atoms with Gasteiger partial charge in [0.15, 0.2) is 0 Å². The monoisotopic (exact) mass is 409 g/mol. The van der Waals surface area contributed by atoms with Gasteiger partial charge in [-0.1, -0.05) is 50.2 Å². The number of nitrogens with one attached hydrogen (secondary N) is 1. The van der Waals surface area contributed by atoms with Crippen molar-refractivity contribution in [3.05, 3.63) is 68.6 Å². The van der Waals surface area contributed by atoms with Crippen LogP contribution in [0.15, 0.2) is 57.5 Å². The fraction of sp³-hybridized carbons (Fsp3) is 0.333. The van der Waals surface area contributed by atoms with Gasteiger partial charge in [-0.2, -0.15) is 0 Å². The summed E-state index contributed by atoms with van der Waals surface area (Å²) in [5.41, 5.74) is 2.65. The van der Waals surface area contributed by atoms with Gasteiger partial charge in [0.2, 0.25) is 0 Å². The van der Waals surface area contributed by atoms with Crippen LogP contribution in [0.2, 0.25) is 0 Å². The smallest absolute Gasteiger partial charge is 0.0325 e. The van der Waals surface area contributed by atoms with Crippen LogP contribution >= 0.6 is 31.9 Å². The highest BCUT2D eigenvalue weighted by molar-refractivity contribution is 9.13. The van der Waals surface area contributed by atoms with E-state index in [-0.39, 0.29) is 0 Å². The van der Waals surface area contributed by atoms with Gasteiger partial charge in [0.1, 0.15) is 0 Å². The van der Waals surface area contributed by atoms with Gasteiger partial charge in [-0.05, 0) is 67.5 Å². The fourth-order valence-electron chi connectivity index (χ4n) is 2.38. The van der Waals surface area contributed by atoms with Crippen molar-refractivity contribution < 1.29 is 0 Å². The van der Waals surface area contributed by atoms with Gasteiger partial charge in [0, 0.05) is 21.5 Å². The Balaban J connectivity index is 2.07. The minimum Gasteiger partial charge on any atom is -0.306 e. The lowest BCUT2D eigenvalue weighted by Gasteiger charge is -2.21. The summed E-state index contributed by atoms with van der Waals surface area (Å²) in [5, 5.41) is 3.69. The number of benzene rings is 2. The molecule has 2 aromatic rings. The van der Waals surface area contributed by atoms with Gasteiger partial charge in [0.05, 0.1) is 0 Å². The molecule has 1 atom stereocenters. The van der Waals surface area contributed by atoms with Crippen molar-refractivity contribution >= 4 is 31.9 Å². The summed E-state index contributed by atoms with van der Waals surface area (Å²) >= 11 is 7.08. The minimum absolute atomic E-state index is 0.397. The third-order valence-electron chi connectivity index (χ3n) is 3.45. The molecule has 0 saturated carbocycles. The average molecular weight is 411 g/mol. The van der Waals surface area contributed by atoms with Crippen LogP contribution < -0.4 is 5.32 Å². The summed E-state index contributed by atoms with van der Waals surface area (Å²) in [5.74, 6) is 0.666. The average Bonchev–Trinajstić information content (AvgIpc) is 2.47. The molecule has 0 radical (unpaired) electrons. The number of hydrogen-bond donors (Lipinski definition) is 1. The largest absolute Gasteiger partial charge is 0.306 e. The molecule has 1 N–H and O–H groups in total. The van der Waals surface area contributed by atoms with E-state index in [9.17, 15) is 0 Å². The van der Waals surface area contributed by atoms with E-state index in [1.165, 1.54) is 11.1 Å². The minimum atomic E-state index is 0.397. The second-order valence-corrected chi connectivity index (χ2v) is 7.43. The molecular weight excluding hydrogens is 390 g/mol. The van der Waals surface area contributed by atoms with Crippen LogP contribution in [0.3, 0.4) is 0 Å². The Bertz CT molecular complexity index is 567. The molecule has 0 amide bonds. The molecule has 21 heavy (non-hydrogen) atoms. The molecule has 0 aliphatic carbocycles. The first-order chi connectivity index (χ1) is 10.1. The maximum atomic E-state index is 3.69. The molecular formula is C18H21Br2N. The molecule has 0 bridgehead atoms. The second-order valence-electron chi connectivity index (χ2n) is 5.72. The van der Waals surface area contributed by atoms with E-state index in [2.05, 4.69) is 99.6 Å². The van der Waals surface area contributed by atoms with Gasteiger partial charge in [0.25, 0.3) is 0 Å². The van der Waals surface area contributed by atoms with Crippen molar-refractivity contribution in [2.45, 2.75) is 32.9 Å². The third kappa shape index (κ3) is 5.24. The zero-order valence-corrected chi connectivity index (χ0v) is 15.6. The van der Waals surface area contributed by atoms with Crippen molar-refractivity contribution in [3.63, 3.8) is 0 Å². The first-order valence-electron chi connectivity index (χ1n) is 7.28. The van der Waals surface area contributed by atoms with Crippen LogP contribution in [0.5, 0.6) is 0 Å². The number of halogens is 2. The molecule has 0 aliphatic heterocycles. The quantitative estimate of drug-likeness (QED) is 0.607. The molecule has 0 heterocycles. The SMILES string of the molecule is CC(C)CC(NCc1ccc(Br)c(Br)c1)c1ccccc1. The molecule has 0 fully saturated rings. The molecule has 3 heteroatoms. The van der Waals surface area contributed by atoms with Crippen molar-refractivity contribution in [1.82, 2.24) is 5.32 Å². The summed E-state index contributed by atoms with van der Waals surface area (Å²) < 4.78 is 2.19. The van der Waals surface area contributed by atoms with Crippen molar-refractivity contribution in [2.24, 2.45) is 5.92 Å². The van der Waals surface area contributed by atoms with E-state index in [4.69, 9.17) is 0 Å². The topological polar surface area (TPSA) is 12.0 Å². The van der Waals surface area contributed by atoms with Gasteiger partial charge >= 0.3 is 0 Å². The van der Waals surface area contributed by atoms with E-state index in [0.29, 0.717) is 12.0 Å². The van der Waals surface area contributed by atoms with E-state index in [0.717, 1.165) is 21.9 Å². The van der Waals surface area contributed by atoms with Crippen LogP contribution in [0.25, 0.3) is 0 Å². The Morgan fingerprint density at radius 3 is 2.29 bits per heavy atom. The molecule has 0 aliphatic rings. The molecule has 0 spiro atoms. The van der Waals surface area contributed by atoms with Crippen molar-refractivity contribution in [3.8, 4) is 0 Å². The molecule has 2 aromatic carbocycles. The van der Waals surface area contributed by atoms with Crippen LogP contribution in [-0.2, 0) is 6.54 Å². The summed E-state index contributed by atoms with van der Waals surface area (Å²) in [6, 6.07) is 17.5. The first kappa shape index (κ1) is 16.7. The third-order valence-corrected chi connectivity index (χ3v) is 5.33. The Kier molecular flexibility index (Phi) is 6.46. The van der Waals surface area contributed by atoms with Gasteiger partial charge in [-0.3, -0.25) is 0 Å². The zero-order valence-electron chi connectivity index (χ0n) is 12.4. The van der Waals surface area contributed by atoms with E-state index in [1.54, 1.807) is 0 Å². The lowest BCUT2D eigenvalue weighted by atomic mass is 9.97.